The topological polar surface area (TPSA) is 125 Å². The molecule has 0 fully saturated rings. The SMILES string of the molecule is O=C(O)CC[C@H](NC(=O)NCCOCC(F)F)C(=O)O. The van der Waals surface area contributed by atoms with Crippen LogP contribution in [0.2, 0.25) is 0 Å². The van der Waals surface area contributed by atoms with Gasteiger partial charge in [-0.05, 0) is 6.42 Å². The van der Waals surface area contributed by atoms with Crippen LogP contribution in [0.1, 0.15) is 12.8 Å². The molecule has 1 atom stereocenters. The number of rotatable bonds is 10. The first kappa shape index (κ1) is 18.0. The molecular formula is C10H16F2N2O6. The lowest BCUT2D eigenvalue weighted by Gasteiger charge is -2.14. The summed E-state index contributed by atoms with van der Waals surface area (Å²) in [6.45, 7) is -0.978. The second-order valence-corrected chi connectivity index (χ2v) is 3.69. The van der Waals surface area contributed by atoms with Gasteiger partial charge in [0.05, 0.1) is 6.61 Å². The maximum Gasteiger partial charge on any atom is 0.326 e. The highest BCUT2D eigenvalue weighted by molar-refractivity contribution is 5.82. The van der Waals surface area contributed by atoms with Crippen molar-refractivity contribution in [2.45, 2.75) is 25.3 Å². The van der Waals surface area contributed by atoms with E-state index in [1.165, 1.54) is 0 Å². The second kappa shape index (κ2) is 9.89. The smallest absolute Gasteiger partial charge is 0.326 e. The first-order valence-electron chi connectivity index (χ1n) is 5.67. The van der Waals surface area contributed by atoms with Gasteiger partial charge in [-0.1, -0.05) is 0 Å². The molecule has 0 unspecified atom stereocenters. The summed E-state index contributed by atoms with van der Waals surface area (Å²) in [4.78, 5) is 32.3. The van der Waals surface area contributed by atoms with Crippen molar-refractivity contribution < 1.29 is 38.1 Å². The predicted octanol–water partition coefficient (Wildman–Crippen LogP) is -0.115. The van der Waals surface area contributed by atoms with Crippen LogP contribution in [-0.2, 0) is 14.3 Å². The van der Waals surface area contributed by atoms with E-state index in [4.69, 9.17) is 10.2 Å². The van der Waals surface area contributed by atoms with Crippen LogP contribution in [0.3, 0.4) is 0 Å². The van der Waals surface area contributed by atoms with Gasteiger partial charge in [0, 0.05) is 13.0 Å². The Hall–Kier alpha value is -1.97. The summed E-state index contributed by atoms with van der Waals surface area (Å²) in [5.74, 6) is -2.55. The molecule has 0 aromatic heterocycles. The summed E-state index contributed by atoms with van der Waals surface area (Å²) in [7, 11) is 0. The summed E-state index contributed by atoms with van der Waals surface area (Å²) in [6.07, 6.45) is -3.27. The normalized spacial score (nSPS) is 11.9. The molecule has 0 heterocycles. The fraction of sp³-hybridized carbons (Fsp3) is 0.700. The van der Waals surface area contributed by atoms with Crippen LogP contribution in [0.5, 0.6) is 0 Å². The third kappa shape index (κ3) is 10.00. The van der Waals surface area contributed by atoms with Gasteiger partial charge >= 0.3 is 18.0 Å². The van der Waals surface area contributed by atoms with Crippen molar-refractivity contribution in [3.8, 4) is 0 Å². The van der Waals surface area contributed by atoms with Crippen molar-refractivity contribution in [1.29, 1.82) is 0 Å². The summed E-state index contributed by atoms with van der Waals surface area (Å²) < 4.78 is 27.9. The Morgan fingerprint density at radius 3 is 2.35 bits per heavy atom. The monoisotopic (exact) mass is 298 g/mol. The quantitative estimate of drug-likeness (QED) is 0.417. The molecule has 0 saturated heterocycles. The first-order chi connectivity index (χ1) is 9.32. The van der Waals surface area contributed by atoms with Crippen molar-refractivity contribution in [2.24, 2.45) is 0 Å². The van der Waals surface area contributed by atoms with Gasteiger partial charge in [-0.15, -0.1) is 0 Å². The Morgan fingerprint density at radius 1 is 1.20 bits per heavy atom. The molecule has 0 aliphatic carbocycles. The molecule has 10 heteroatoms. The lowest BCUT2D eigenvalue weighted by molar-refractivity contribution is -0.140. The summed E-state index contributed by atoms with van der Waals surface area (Å²) in [6, 6.07) is -2.18. The number of amides is 2. The fourth-order valence-electron chi connectivity index (χ4n) is 1.14. The zero-order valence-corrected chi connectivity index (χ0v) is 10.5. The Morgan fingerprint density at radius 2 is 1.85 bits per heavy atom. The van der Waals surface area contributed by atoms with Crippen LogP contribution in [0.25, 0.3) is 0 Å². The lowest BCUT2D eigenvalue weighted by Crippen LogP contribution is -2.46. The molecule has 0 aromatic rings. The van der Waals surface area contributed by atoms with Crippen LogP contribution in [0.15, 0.2) is 0 Å². The van der Waals surface area contributed by atoms with Crippen LogP contribution in [0, 0.1) is 0 Å². The fourth-order valence-corrected chi connectivity index (χ4v) is 1.14. The van der Waals surface area contributed by atoms with Gasteiger partial charge in [-0.25, -0.2) is 18.4 Å². The predicted molar refractivity (Wildman–Crippen MR) is 61.7 cm³/mol. The van der Waals surface area contributed by atoms with E-state index in [0.717, 1.165) is 0 Å². The number of carbonyl (C=O) groups is 3. The van der Waals surface area contributed by atoms with Crippen molar-refractivity contribution in [1.82, 2.24) is 10.6 Å². The number of carboxylic acids is 2. The Balaban J connectivity index is 3.89. The van der Waals surface area contributed by atoms with Crippen LogP contribution >= 0.6 is 0 Å². The number of carbonyl (C=O) groups excluding carboxylic acids is 1. The third-order valence-corrected chi connectivity index (χ3v) is 2.03. The Labute approximate surface area is 113 Å². The molecule has 8 nitrogen and oxygen atoms in total. The number of nitrogens with one attached hydrogen (secondary N) is 2. The van der Waals surface area contributed by atoms with Crippen LogP contribution in [0.4, 0.5) is 13.6 Å². The van der Waals surface area contributed by atoms with Gasteiger partial charge in [0.15, 0.2) is 0 Å². The van der Waals surface area contributed by atoms with Gasteiger partial charge < -0.3 is 25.6 Å². The summed E-state index contributed by atoms with van der Waals surface area (Å²) in [5.41, 5.74) is 0. The zero-order chi connectivity index (χ0) is 15.5. The number of halogens is 2. The standard InChI is InChI=1S/C10H16F2N2O6/c11-7(12)5-20-4-3-13-10(19)14-6(9(17)18)1-2-8(15)16/h6-7H,1-5H2,(H,15,16)(H,17,18)(H2,13,14,19)/t6-/m0/s1. The van der Waals surface area contributed by atoms with E-state index in [9.17, 15) is 23.2 Å². The van der Waals surface area contributed by atoms with Crippen LogP contribution in [-0.4, -0.2) is 60.4 Å². The van der Waals surface area contributed by atoms with Crippen molar-refractivity contribution >= 4 is 18.0 Å². The molecule has 20 heavy (non-hydrogen) atoms. The lowest BCUT2D eigenvalue weighted by atomic mass is 10.1. The molecule has 4 N–H and O–H groups in total. The summed E-state index contributed by atoms with van der Waals surface area (Å²) in [5, 5.41) is 21.4. The second-order valence-electron chi connectivity index (χ2n) is 3.69. The minimum Gasteiger partial charge on any atom is -0.481 e. The maximum atomic E-state index is 11.7. The highest BCUT2D eigenvalue weighted by Gasteiger charge is 2.20. The molecule has 0 aliphatic heterocycles. The number of urea groups is 1. The molecule has 0 bridgehead atoms. The number of alkyl halides is 2. The van der Waals surface area contributed by atoms with E-state index in [2.05, 4.69) is 15.4 Å². The maximum absolute atomic E-state index is 11.7. The van der Waals surface area contributed by atoms with Gasteiger partial charge in [0.2, 0.25) is 0 Å². The van der Waals surface area contributed by atoms with Crippen molar-refractivity contribution in [2.75, 3.05) is 19.8 Å². The number of carboxylic acid groups (broad SMARTS) is 2. The minimum absolute atomic E-state index is 0.0795. The van der Waals surface area contributed by atoms with E-state index >= 15 is 0 Å². The summed E-state index contributed by atoms with van der Waals surface area (Å²) >= 11 is 0. The van der Waals surface area contributed by atoms with E-state index in [0.29, 0.717) is 0 Å². The van der Waals surface area contributed by atoms with Crippen molar-refractivity contribution in [3.63, 3.8) is 0 Å². The minimum atomic E-state index is -2.60. The van der Waals surface area contributed by atoms with E-state index in [-0.39, 0.29) is 19.6 Å². The van der Waals surface area contributed by atoms with Gasteiger partial charge in [0.1, 0.15) is 12.6 Å². The Bertz CT molecular complexity index is 340. The number of hydrogen-bond acceptors (Lipinski definition) is 4. The van der Waals surface area contributed by atoms with Gasteiger partial charge in [-0.2, -0.15) is 0 Å². The molecule has 0 saturated carbocycles. The first-order valence-corrected chi connectivity index (χ1v) is 5.67. The number of ether oxygens (including phenoxy) is 1. The van der Waals surface area contributed by atoms with E-state index < -0.39 is 43.5 Å². The molecule has 0 rings (SSSR count). The van der Waals surface area contributed by atoms with Gasteiger partial charge in [-0.3, -0.25) is 4.79 Å². The number of hydrogen-bond donors (Lipinski definition) is 4. The van der Waals surface area contributed by atoms with E-state index in [1.807, 2.05) is 0 Å². The average Bonchev–Trinajstić information content (AvgIpc) is 2.32. The molecule has 0 radical (unpaired) electrons. The largest absolute Gasteiger partial charge is 0.481 e. The molecule has 0 aromatic carbocycles. The third-order valence-electron chi connectivity index (χ3n) is 2.03. The highest BCUT2D eigenvalue weighted by Crippen LogP contribution is 1.98. The molecule has 2 amide bonds. The number of aliphatic carboxylic acids is 2. The zero-order valence-electron chi connectivity index (χ0n) is 10.5. The molecule has 0 aliphatic rings. The highest BCUT2D eigenvalue weighted by atomic mass is 19.3. The van der Waals surface area contributed by atoms with Gasteiger partial charge in [0.25, 0.3) is 6.43 Å². The molecule has 116 valence electrons. The average molecular weight is 298 g/mol. The molecule has 0 spiro atoms. The van der Waals surface area contributed by atoms with Crippen LogP contribution < -0.4 is 10.6 Å². The van der Waals surface area contributed by atoms with E-state index in [1.54, 1.807) is 0 Å². The van der Waals surface area contributed by atoms with Crippen molar-refractivity contribution in [3.05, 3.63) is 0 Å². The molecular weight excluding hydrogens is 282 g/mol. The Kier molecular flexibility index (Phi) is 8.92.